The van der Waals surface area contributed by atoms with Crippen LogP contribution in [0.25, 0.3) is 0 Å². The molecule has 1 aromatic rings. The molecule has 0 unspecified atom stereocenters. The molecule has 1 aromatic carbocycles. The molecular formula is C12H9N3O2. The van der Waals surface area contributed by atoms with Crippen molar-refractivity contribution in [1.29, 1.82) is 10.5 Å². The van der Waals surface area contributed by atoms with Crippen molar-refractivity contribution in [3.63, 3.8) is 0 Å². The molecule has 0 radical (unpaired) electrons. The van der Waals surface area contributed by atoms with Gasteiger partial charge in [0.05, 0.1) is 5.56 Å². The van der Waals surface area contributed by atoms with Crippen molar-refractivity contribution in [2.24, 2.45) is 0 Å². The van der Waals surface area contributed by atoms with Gasteiger partial charge in [-0.25, -0.2) is 4.79 Å². The SMILES string of the molecule is Cc1c(NC=C(C#N)C#N)cccc1C(=O)O. The highest BCUT2D eigenvalue weighted by Crippen LogP contribution is 2.19. The summed E-state index contributed by atoms with van der Waals surface area (Å²) in [4.78, 5) is 10.9. The molecule has 17 heavy (non-hydrogen) atoms. The van der Waals surface area contributed by atoms with Crippen LogP contribution in [-0.2, 0) is 0 Å². The highest BCUT2D eigenvalue weighted by Gasteiger charge is 2.09. The molecule has 0 heterocycles. The number of rotatable bonds is 3. The fourth-order valence-corrected chi connectivity index (χ4v) is 1.26. The molecule has 2 N–H and O–H groups in total. The Morgan fingerprint density at radius 2 is 2.06 bits per heavy atom. The van der Waals surface area contributed by atoms with Crippen LogP contribution in [0.5, 0.6) is 0 Å². The number of hydrogen-bond acceptors (Lipinski definition) is 4. The fourth-order valence-electron chi connectivity index (χ4n) is 1.26. The molecule has 0 amide bonds. The van der Waals surface area contributed by atoms with Crippen molar-refractivity contribution < 1.29 is 9.90 Å². The number of nitrogens with zero attached hydrogens (tertiary/aromatic N) is 2. The normalized spacial score (nSPS) is 8.65. The van der Waals surface area contributed by atoms with Crippen LogP contribution in [0.3, 0.4) is 0 Å². The van der Waals surface area contributed by atoms with Crippen LogP contribution in [0.2, 0.25) is 0 Å². The zero-order valence-corrected chi connectivity index (χ0v) is 9.06. The second kappa shape index (κ2) is 5.34. The largest absolute Gasteiger partial charge is 0.478 e. The van der Waals surface area contributed by atoms with Crippen LogP contribution < -0.4 is 5.32 Å². The summed E-state index contributed by atoms with van der Waals surface area (Å²) < 4.78 is 0. The van der Waals surface area contributed by atoms with Crippen LogP contribution in [0.1, 0.15) is 15.9 Å². The Kier molecular flexibility index (Phi) is 3.86. The van der Waals surface area contributed by atoms with E-state index in [1.807, 2.05) is 0 Å². The molecular weight excluding hydrogens is 218 g/mol. The zero-order valence-electron chi connectivity index (χ0n) is 9.06. The molecule has 0 fully saturated rings. The number of allylic oxidation sites excluding steroid dienone is 1. The molecule has 0 saturated heterocycles. The Morgan fingerprint density at radius 1 is 1.41 bits per heavy atom. The summed E-state index contributed by atoms with van der Waals surface area (Å²) in [6.07, 6.45) is 1.24. The first-order valence-electron chi connectivity index (χ1n) is 4.70. The summed E-state index contributed by atoms with van der Waals surface area (Å²) in [5.74, 6) is -1.02. The summed E-state index contributed by atoms with van der Waals surface area (Å²) >= 11 is 0. The third-order valence-corrected chi connectivity index (χ3v) is 2.18. The van der Waals surface area contributed by atoms with E-state index in [2.05, 4.69) is 5.32 Å². The molecule has 0 aromatic heterocycles. The van der Waals surface area contributed by atoms with Crippen molar-refractivity contribution in [1.82, 2.24) is 0 Å². The molecule has 0 atom stereocenters. The van der Waals surface area contributed by atoms with Crippen molar-refractivity contribution in [2.75, 3.05) is 5.32 Å². The number of carboxylic acids is 1. The van der Waals surface area contributed by atoms with Crippen molar-refractivity contribution >= 4 is 11.7 Å². The first-order chi connectivity index (χ1) is 8.10. The highest BCUT2D eigenvalue weighted by molar-refractivity contribution is 5.91. The Morgan fingerprint density at radius 3 is 2.59 bits per heavy atom. The Hall–Kier alpha value is -2.79. The molecule has 0 aliphatic rings. The lowest BCUT2D eigenvalue weighted by Crippen LogP contribution is -2.02. The lowest BCUT2D eigenvalue weighted by atomic mass is 10.1. The number of carboxylic acid groups (broad SMARTS) is 1. The van der Waals surface area contributed by atoms with E-state index in [0.29, 0.717) is 11.3 Å². The van der Waals surface area contributed by atoms with Gasteiger partial charge in [-0.3, -0.25) is 0 Å². The van der Waals surface area contributed by atoms with Crippen LogP contribution in [-0.4, -0.2) is 11.1 Å². The number of carbonyl (C=O) groups is 1. The standard InChI is InChI=1S/C12H9N3O2/c1-8-10(12(16)17)3-2-4-11(8)15-7-9(5-13)6-14/h2-4,7,15H,1H3,(H,16,17). The van der Waals surface area contributed by atoms with E-state index in [-0.39, 0.29) is 11.1 Å². The summed E-state index contributed by atoms with van der Waals surface area (Å²) in [6.45, 7) is 1.65. The van der Waals surface area contributed by atoms with Gasteiger partial charge < -0.3 is 10.4 Å². The molecule has 0 spiro atoms. The smallest absolute Gasteiger partial charge is 0.336 e. The van der Waals surface area contributed by atoms with Crippen molar-refractivity contribution in [2.45, 2.75) is 6.92 Å². The van der Waals surface area contributed by atoms with E-state index in [4.69, 9.17) is 15.6 Å². The molecule has 1 rings (SSSR count). The number of hydrogen-bond donors (Lipinski definition) is 2. The number of anilines is 1. The monoisotopic (exact) mass is 227 g/mol. The minimum Gasteiger partial charge on any atom is -0.478 e. The van der Waals surface area contributed by atoms with E-state index in [0.717, 1.165) is 0 Å². The highest BCUT2D eigenvalue weighted by atomic mass is 16.4. The van der Waals surface area contributed by atoms with E-state index in [9.17, 15) is 4.79 Å². The molecule has 0 saturated carbocycles. The van der Waals surface area contributed by atoms with Crippen molar-refractivity contribution in [3.05, 3.63) is 41.1 Å². The Labute approximate surface area is 98.2 Å². The van der Waals surface area contributed by atoms with E-state index in [1.54, 1.807) is 31.2 Å². The minimum atomic E-state index is -1.02. The number of nitrogens with one attached hydrogen (secondary N) is 1. The summed E-state index contributed by atoms with van der Waals surface area (Å²) in [5, 5.41) is 28.7. The van der Waals surface area contributed by atoms with Gasteiger partial charge >= 0.3 is 5.97 Å². The van der Waals surface area contributed by atoms with Gasteiger partial charge in [0, 0.05) is 11.9 Å². The first-order valence-corrected chi connectivity index (χ1v) is 4.70. The van der Waals surface area contributed by atoms with E-state index >= 15 is 0 Å². The predicted octanol–water partition coefficient (Wildman–Crippen LogP) is 2.04. The Balaban J connectivity index is 3.07. The van der Waals surface area contributed by atoms with E-state index in [1.165, 1.54) is 12.3 Å². The number of aromatic carboxylic acids is 1. The van der Waals surface area contributed by atoms with Crippen molar-refractivity contribution in [3.8, 4) is 12.1 Å². The first kappa shape index (κ1) is 12.3. The molecule has 0 aliphatic carbocycles. The summed E-state index contributed by atoms with van der Waals surface area (Å²) in [5.41, 5.74) is 1.20. The van der Waals surface area contributed by atoms with Gasteiger partial charge in [-0.15, -0.1) is 0 Å². The maximum absolute atomic E-state index is 10.9. The third kappa shape index (κ3) is 2.83. The van der Waals surface area contributed by atoms with Crippen LogP contribution in [0.4, 0.5) is 5.69 Å². The Bertz CT molecular complexity index is 546. The van der Waals surface area contributed by atoms with Gasteiger partial charge in [0.2, 0.25) is 0 Å². The van der Waals surface area contributed by atoms with Gasteiger partial charge in [0.15, 0.2) is 0 Å². The van der Waals surface area contributed by atoms with Crippen LogP contribution >= 0.6 is 0 Å². The quantitative estimate of drug-likeness (QED) is 0.770. The average molecular weight is 227 g/mol. The van der Waals surface area contributed by atoms with Gasteiger partial charge in [0.25, 0.3) is 0 Å². The third-order valence-electron chi connectivity index (χ3n) is 2.18. The van der Waals surface area contributed by atoms with Gasteiger partial charge in [0.1, 0.15) is 17.7 Å². The lowest BCUT2D eigenvalue weighted by molar-refractivity contribution is 0.0696. The minimum absolute atomic E-state index is 0.0786. The van der Waals surface area contributed by atoms with E-state index < -0.39 is 5.97 Å². The molecule has 0 aliphatic heterocycles. The molecule has 84 valence electrons. The van der Waals surface area contributed by atoms with Gasteiger partial charge in [-0.2, -0.15) is 10.5 Å². The molecule has 5 nitrogen and oxygen atoms in total. The molecule has 0 bridgehead atoms. The maximum Gasteiger partial charge on any atom is 0.336 e. The summed E-state index contributed by atoms with van der Waals surface area (Å²) in [7, 11) is 0. The number of benzene rings is 1. The summed E-state index contributed by atoms with van der Waals surface area (Å²) in [6, 6.07) is 8.15. The maximum atomic E-state index is 10.9. The van der Waals surface area contributed by atoms with Gasteiger partial charge in [-0.05, 0) is 24.6 Å². The number of nitriles is 2. The lowest BCUT2D eigenvalue weighted by Gasteiger charge is -2.07. The van der Waals surface area contributed by atoms with Crippen LogP contribution in [0, 0.1) is 29.6 Å². The fraction of sp³-hybridized carbons (Fsp3) is 0.0833. The second-order valence-electron chi connectivity index (χ2n) is 3.21. The predicted molar refractivity (Wildman–Crippen MR) is 61.1 cm³/mol. The van der Waals surface area contributed by atoms with Gasteiger partial charge in [-0.1, -0.05) is 6.07 Å². The average Bonchev–Trinajstić information content (AvgIpc) is 2.32. The zero-order chi connectivity index (χ0) is 12.8. The molecule has 5 heteroatoms. The van der Waals surface area contributed by atoms with Crippen LogP contribution in [0.15, 0.2) is 30.0 Å². The second-order valence-corrected chi connectivity index (χ2v) is 3.21. The topological polar surface area (TPSA) is 96.9 Å².